The number of H-pyrrole nitrogens is 1. The van der Waals surface area contributed by atoms with Crippen LogP contribution in [0.5, 0.6) is 0 Å². The van der Waals surface area contributed by atoms with Gasteiger partial charge in [-0.1, -0.05) is 54.6 Å². The normalized spacial score (nSPS) is 11.4. The van der Waals surface area contributed by atoms with Crippen LogP contribution in [0.25, 0.3) is 33.7 Å². The standard InChI is InChI=1S/C27H25N5O2/c1-17-14-22-23(15-18(17)2)32(25-24(29-22)26(33)31-27(34)30-25)13-12-28-16-19-8-10-21(11-9-19)20-6-4-3-5-7-20/h3-11,14-15,28H,12-13,16H2,1-2H3,(H,31,33,34). The van der Waals surface area contributed by atoms with Crippen LogP contribution in [0.1, 0.15) is 16.7 Å². The molecule has 0 bridgehead atoms. The first-order valence-electron chi connectivity index (χ1n) is 11.3. The second kappa shape index (κ2) is 9.03. The van der Waals surface area contributed by atoms with Crippen molar-refractivity contribution in [2.75, 3.05) is 6.54 Å². The van der Waals surface area contributed by atoms with E-state index in [1.54, 1.807) is 0 Å². The molecule has 0 saturated carbocycles. The Labute approximate surface area is 196 Å². The molecule has 170 valence electrons. The molecule has 0 aliphatic carbocycles. The predicted molar refractivity (Wildman–Crippen MR) is 134 cm³/mol. The van der Waals surface area contributed by atoms with Crippen molar-refractivity contribution in [2.24, 2.45) is 0 Å². The number of hydrogen-bond donors (Lipinski definition) is 2. The average molecular weight is 452 g/mol. The van der Waals surface area contributed by atoms with Crippen molar-refractivity contribution in [3.8, 4) is 22.6 Å². The Balaban J connectivity index is 1.37. The molecule has 0 aromatic heterocycles. The van der Waals surface area contributed by atoms with Crippen molar-refractivity contribution in [1.82, 2.24) is 24.8 Å². The first kappa shape index (κ1) is 21.7. The quantitative estimate of drug-likeness (QED) is 0.304. The largest absolute Gasteiger partial charge is 0.349 e. The molecule has 2 aliphatic heterocycles. The minimum Gasteiger partial charge on any atom is -0.321 e. The Morgan fingerprint density at radius 1 is 0.882 bits per heavy atom. The Bertz CT molecular complexity index is 1550. The molecular weight excluding hydrogens is 426 g/mol. The zero-order valence-corrected chi connectivity index (χ0v) is 19.1. The van der Waals surface area contributed by atoms with Crippen LogP contribution in [0.2, 0.25) is 0 Å². The van der Waals surface area contributed by atoms with Crippen LogP contribution in [0.3, 0.4) is 0 Å². The molecule has 2 N–H and O–H groups in total. The van der Waals surface area contributed by atoms with Gasteiger partial charge in [0.2, 0.25) is 0 Å². The van der Waals surface area contributed by atoms with Gasteiger partial charge >= 0.3 is 5.69 Å². The maximum absolute atomic E-state index is 12.4. The van der Waals surface area contributed by atoms with Crippen molar-refractivity contribution in [3.05, 3.63) is 104 Å². The highest BCUT2D eigenvalue weighted by atomic mass is 16.2. The van der Waals surface area contributed by atoms with Crippen molar-refractivity contribution in [3.63, 3.8) is 0 Å². The van der Waals surface area contributed by atoms with Gasteiger partial charge in [-0.05, 0) is 53.8 Å². The van der Waals surface area contributed by atoms with Crippen molar-refractivity contribution >= 4 is 11.0 Å². The van der Waals surface area contributed by atoms with Crippen LogP contribution in [-0.4, -0.2) is 26.1 Å². The Kier molecular flexibility index (Phi) is 5.77. The molecule has 0 saturated heterocycles. The molecule has 34 heavy (non-hydrogen) atoms. The van der Waals surface area contributed by atoms with Gasteiger partial charge in [-0.2, -0.15) is 4.98 Å². The van der Waals surface area contributed by atoms with Crippen LogP contribution >= 0.6 is 0 Å². The fourth-order valence-corrected chi connectivity index (χ4v) is 4.15. The van der Waals surface area contributed by atoms with Crippen LogP contribution < -0.4 is 16.6 Å². The molecule has 2 aliphatic rings. The van der Waals surface area contributed by atoms with Gasteiger partial charge in [-0.15, -0.1) is 0 Å². The molecule has 5 rings (SSSR count). The molecule has 7 heteroatoms. The van der Waals surface area contributed by atoms with Gasteiger partial charge < -0.3 is 9.88 Å². The summed E-state index contributed by atoms with van der Waals surface area (Å²) in [6.45, 7) is 5.92. The van der Waals surface area contributed by atoms with Gasteiger partial charge in [0.25, 0.3) is 5.56 Å². The maximum Gasteiger partial charge on any atom is 0.349 e. The number of aromatic nitrogens is 4. The summed E-state index contributed by atoms with van der Waals surface area (Å²) in [5.74, 6) is 0.304. The molecule has 0 spiro atoms. The Hall–Kier alpha value is -4.10. The van der Waals surface area contributed by atoms with Crippen molar-refractivity contribution in [2.45, 2.75) is 26.9 Å². The van der Waals surface area contributed by atoms with Crippen LogP contribution in [0.4, 0.5) is 0 Å². The number of rotatable bonds is 6. The van der Waals surface area contributed by atoms with Crippen molar-refractivity contribution < 1.29 is 0 Å². The summed E-state index contributed by atoms with van der Waals surface area (Å²) in [6, 6.07) is 22.8. The van der Waals surface area contributed by atoms with E-state index in [2.05, 4.69) is 56.7 Å². The summed E-state index contributed by atoms with van der Waals surface area (Å²) in [7, 11) is 0. The number of fused-ring (bicyclic) bond motifs is 2. The highest BCUT2D eigenvalue weighted by Gasteiger charge is 2.19. The van der Waals surface area contributed by atoms with Crippen molar-refractivity contribution in [1.29, 1.82) is 0 Å². The van der Waals surface area contributed by atoms with E-state index in [1.165, 1.54) is 16.7 Å². The van der Waals surface area contributed by atoms with E-state index in [0.717, 1.165) is 16.6 Å². The third kappa shape index (κ3) is 4.25. The second-order valence-corrected chi connectivity index (χ2v) is 8.47. The summed E-state index contributed by atoms with van der Waals surface area (Å²) in [5, 5.41) is 3.46. The van der Waals surface area contributed by atoms with Crippen LogP contribution in [0, 0.1) is 13.8 Å². The first-order chi connectivity index (χ1) is 16.5. The molecule has 0 fully saturated rings. The third-order valence-electron chi connectivity index (χ3n) is 6.13. The monoisotopic (exact) mass is 451 g/mol. The number of nitrogens with one attached hydrogen (secondary N) is 2. The lowest BCUT2D eigenvalue weighted by atomic mass is 10.0. The van der Waals surface area contributed by atoms with E-state index >= 15 is 0 Å². The van der Waals surface area contributed by atoms with Gasteiger partial charge in [-0.3, -0.25) is 9.78 Å². The minimum absolute atomic E-state index is 0.173. The molecule has 0 atom stereocenters. The number of nitrogens with zero attached hydrogens (tertiary/aromatic N) is 3. The van der Waals surface area contributed by atoms with Gasteiger partial charge in [-0.25, -0.2) is 9.78 Å². The van der Waals surface area contributed by atoms with E-state index in [-0.39, 0.29) is 5.69 Å². The molecule has 3 aromatic rings. The first-order valence-corrected chi connectivity index (χ1v) is 11.3. The minimum atomic E-state index is -0.664. The molecule has 0 unspecified atom stereocenters. The third-order valence-corrected chi connectivity index (χ3v) is 6.13. The lowest BCUT2D eigenvalue weighted by Crippen LogP contribution is -2.30. The van der Waals surface area contributed by atoms with Gasteiger partial charge in [0.1, 0.15) is 0 Å². The Morgan fingerprint density at radius 3 is 2.35 bits per heavy atom. The summed E-state index contributed by atoms with van der Waals surface area (Å²) in [4.78, 5) is 35.1. The molecule has 3 aromatic carbocycles. The van der Waals surface area contributed by atoms with E-state index < -0.39 is 11.2 Å². The molecule has 2 heterocycles. The SMILES string of the molecule is Cc1cc2nc3c(=O)[nH]c(=O)nc-3n(CCNCc3ccc(-c4ccccc4)cc3)c2cc1C. The molecule has 7 nitrogen and oxygen atoms in total. The van der Waals surface area contributed by atoms with E-state index in [9.17, 15) is 9.59 Å². The second-order valence-electron chi connectivity index (χ2n) is 8.47. The summed E-state index contributed by atoms with van der Waals surface area (Å²) in [5.41, 5.74) is 6.31. The van der Waals surface area contributed by atoms with Gasteiger partial charge in [0, 0.05) is 19.6 Å². The Morgan fingerprint density at radius 2 is 1.59 bits per heavy atom. The van der Waals surface area contributed by atoms with Crippen LogP contribution in [-0.2, 0) is 13.1 Å². The van der Waals surface area contributed by atoms with Gasteiger partial charge in [0.15, 0.2) is 11.5 Å². The number of aryl methyl sites for hydroxylation is 2. The summed E-state index contributed by atoms with van der Waals surface area (Å²) < 4.78 is 1.91. The van der Waals surface area contributed by atoms with Crippen LogP contribution in [0.15, 0.2) is 76.3 Å². The fraction of sp³-hybridized carbons (Fsp3) is 0.185. The molecule has 0 radical (unpaired) electrons. The lowest BCUT2D eigenvalue weighted by Gasteiger charge is -2.18. The highest BCUT2D eigenvalue weighted by molar-refractivity contribution is 5.81. The van der Waals surface area contributed by atoms with E-state index in [1.807, 2.05) is 48.7 Å². The summed E-state index contributed by atoms with van der Waals surface area (Å²) >= 11 is 0. The zero-order chi connectivity index (χ0) is 23.7. The fourth-order valence-electron chi connectivity index (χ4n) is 4.15. The number of hydrogen-bond acceptors (Lipinski definition) is 5. The molecule has 0 amide bonds. The lowest BCUT2D eigenvalue weighted by molar-refractivity contribution is 0.603. The van der Waals surface area contributed by atoms with Gasteiger partial charge in [0.05, 0.1) is 11.0 Å². The highest BCUT2D eigenvalue weighted by Crippen LogP contribution is 2.23. The number of benzene rings is 3. The summed E-state index contributed by atoms with van der Waals surface area (Å²) in [6.07, 6.45) is 0. The zero-order valence-electron chi connectivity index (χ0n) is 19.1. The molecular formula is C27H25N5O2. The topological polar surface area (TPSA) is 92.7 Å². The smallest absolute Gasteiger partial charge is 0.321 e. The van der Waals surface area contributed by atoms with E-state index in [4.69, 9.17) is 0 Å². The average Bonchev–Trinajstić information content (AvgIpc) is 2.84. The number of aromatic amines is 1. The van der Waals surface area contributed by atoms with E-state index in [0.29, 0.717) is 31.0 Å². The maximum atomic E-state index is 12.4. The predicted octanol–water partition coefficient (Wildman–Crippen LogP) is 3.66.